The molecule has 3 aromatic carbocycles. The van der Waals surface area contributed by atoms with Crippen molar-refractivity contribution in [3.63, 3.8) is 0 Å². The van der Waals surface area contributed by atoms with Gasteiger partial charge in [0.15, 0.2) is 23.3 Å². The summed E-state index contributed by atoms with van der Waals surface area (Å²) in [5.74, 6) is -0.315. The number of carbonyl (C=O) groups is 2. The molecular weight excluding hydrogens is 550 g/mol. The van der Waals surface area contributed by atoms with E-state index in [4.69, 9.17) is 18.8 Å². The van der Waals surface area contributed by atoms with Gasteiger partial charge in [-0.1, -0.05) is 84.8 Å². The van der Waals surface area contributed by atoms with Crippen LogP contribution in [0.4, 0.5) is 0 Å². The molecule has 0 saturated heterocycles. The highest BCUT2D eigenvalue weighted by Crippen LogP contribution is 2.45. The van der Waals surface area contributed by atoms with Crippen LogP contribution in [0.15, 0.2) is 82.5 Å². The van der Waals surface area contributed by atoms with E-state index in [0.29, 0.717) is 35.8 Å². The van der Waals surface area contributed by atoms with Crippen LogP contribution in [0.1, 0.15) is 72.0 Å². The van der Waals surface area contributed by atoms with Gasteiger partial charge in [0, 0.05) is 19.0 Å². The topological polar surface area (TPSA) is 132 Å². The third-order valence-electron chi connectivity index (χ3n) is 6.97. The first-order valence-electron chi connectivity index (χ1n) is 14.1. The van der Waals surface area contributed by atoms with Crippen molar-refractivity contribution in [3.05, 3.63) is 101 Å². The van der Waals surface area contributed by atoms with Gasteiger partial charge in [-0.25, -0.2) is 4.79 Å². The first-order valence-corrected chi connectivity index (χ1v) is 14.1. The van der Waals surface area contributed by atoms with Gasteiger partial charge in [-0.05, 0) is 35.6 Å². The third-order valence-corrected chi connectivity index (χ3v) is 6.97. The summed E-state index contributed by atoms with van der Waals surface area (Å²) < 4.78 is 18.5. The number of carbonyl (C=O) groups excluding carboxylic acids is 1. The lowest BCUT2D eigenvalue weighted by Crippen LogP contribution is -2.25. The molecule has 0 spiro atoms. The Morgan fingerprint density at radius 2 is 1.60 bits per heavy atom. The van der Waals surface area contributed by atoms with Crippen LogP contribution in [0.5, 0.6) is 11.5 Å². The highest BCUT2D eigenvalue weighted by atomic mass is 16.6. The van der Waals surface area contributed by atoms with Gasteiger partial charge in [0.1, 0.15) is 24.7 Å². The lowest BCUT2D eigenvalue weighted by atomic mass is 9.93. The number of carboxylic acid groups (broad SMARTS) is 1. The van der Waals surface area contributed by atoms with Crippen LogP contribution in [0, 0.1) is 0 Å². The largest absolute Gasteiger partial charge is 0.488 e. The molecule has 0 aliphatic carbocycles. The van der Waals surface area contributed by atoms with Gasteiger partial charge in [-0.3, -0.25) is 4.79 Å². The van der Waals surface area contributed by atoms with E-state index >= 15 is 0 Å². The molecule has 1 aliphatic rings. The Hall–Kier alpha value is -5.12. The molecule has 0 radical (unpaired) electrons. The smallest absolute Gasteiger partial charge is 0.353 e. The average molecular weight is 584 g/mol. The molecule has 43 heavy (non-hydrogen) atoms. The summed E-state index contributed by atoms with van der Waals surface area (Å²) >= 11 is 0. The Morgan fingerprint density at radius 1 is 0.977 bits per heavy atom. The van der Waals surface area contributed by atoms with E-state index in [0.717, 1.165) is 16.7 Å². The fraction of sp³-hybridized carbons (Fsp3) is 0.273. The first kappa shape index (κ1) is 29.4. The van der Waals surface area contributed by atoms with E-state index in [-0.39, 0.29) is 36.1 Å². The minimum absolute atomic E-state index is 0.00630. The van der Waals surface area contributed by atoms with Crippen LogP contribution < -0.4 is 14.8 Å². The molecule has 1 unspecified atom stereocenters. The fourth-order valence-corrected chi connectivity index (χ4v) is 4.78. The second kappa shape index (κ2) is 13.2. The number of hydrogen-bond donors (Lipinski definition) is 2. The summed E-state index contributed by atoms with van der Waals surface area (Å²) in [5, 5.41) is 20.1. The summed E-state index contributed by atoms with van der Waals surface area (Å²) in [7, 11) is 0. The lowest BCUT2D eigenvalue weighted by molar-refractivity contribution is -0.129. The quantitative estimate of drug-likeness (QED) is 0.199. The molecule has 0 saturated carbocycles. The number of oxime groups is 1. The first-order chi connectivity index (χ1) is 20.9. The van der Waals surface area contributed by atoms with E-state index in [1.807, 2.05) is 86.6 Å². The molecule has 222 valence electrons. The summed E-state index contributed by atoms with van der Waals surface area (Å²) in [6.07, 6.45) is -0.964. The molecule has 4 aromatic rings. The summed E-state index contributed by atoms with van der Waals surface area (Å²) in [5.41, 5.74) is 3.51. The maximum atomic E-state index is 13.0. The van der Waals surface area contributed by atoms with Crippen molar-refractivity contribution in [1.82, 2.24) is 10.5 Å². The minimum Gasteiger partial charge on any atom is -0.488 e. The molecule has 1 aromatic heterocycles. The second-order valence-electron chi connectivity index (χ2n) is 10.4. The SMILES string of the molecule is CCNC(=O)c1noc(-c2cc(C(C)C)c(OCc3ccccc3)cc2OCc2ccccc2)c1C1CC(C(=O)O)=NO1. The van der Waals surface area contributed by atoms with Crippen LogP contribution >= 0.6 is 0 Å². The fourth-order valence-electron chi connectivity index (χ4n) is 4.78. The zero-order valence-electron chi connectivity index (χ0n) is 24.2. The van der Waals surface area contributed by atoms with Gasteiger partial charge >= 0.3 is 5.97 Å². The van der Waals surface area contributed by atoms with Crippen molar-refractivity contribution in [2.75, 3.05) is 6.54 Å². The van der Waals surface area contributed by atoms with Gasteiger partial charge in [-0.2, -0.15) is 0 Å². The lowest BCUT2D eigenvalue weighted by Gasteiger charge is -2.20. The van der Waals surface area contributed by atoms with Crippen molar-refractivity contribution < 1.29 is 33.5 Å². The average Bonchev–Trinajstić information content (AvgIpc) is 3.68. The molecule has 2 N–H and O–H groups in total. The Kier molecular flexibility index (Phi) is 9.05. The maximum Gasteiger partial charge on any atom is 0.353 e. The Bertz CT molecular complexity index is 1610. The molecule has 1 amide bonds. The van der Waals surface area contributed by atoms with Gasteiger partial charge < -0.3 is 29.3 Å². The van der Waals surface area contributed by atoms with Gasteiger partial charge in [0.25, 0.3) is 5.91 Å². The monoisotopic (exact) mass is 583 g/mol. The number of amides is 1. The number of aromatic nitrogens is 1. The molecule has 10 heteroatoms. The van der Waals surface area contributed by atoms with Gasteiger partial charge in [0.05, 0.1) is 11.1 Å². The molecule has 1 aliphatic heterocycles. The van der Waals surface area contributed by atoms with Crippen LogP contribution in [-0.2, 0) is 22.8 Å². The van der Waals surface area contributed by atoms with Crippen molar-refractivity contribution >= 4 is 17.6 Å². The molecule has 1 atom stereocenters. The number of nitrogens with zero attached hydrogens (tertiary/aromatic N) is 2. The van der Waals surface area contributed by atoms with Crippen molar-refractivity contribution in [2.45, 2.75) is 52.4 Å². The number of hydrogen-bond acceptors (Lipinski definition) is 8. The summed E-state index contributed by atoms with van der Waals surface area (Å²) in [4.78, 5) is 30.2. The van der Waals surface area contributed by atoms with E-state index < -0.39 is 18.0 Å². The Balaban J connectivity index is 1.62. The van der Waals surface area contributed by atoms with E-state index in [2.05, 4.69) is 15.6 Å². The van der Waals surface area contributed by atoms with Crippen LogP contribution in [-0.4, -0.2) is 34.4 Å². The van der Waals surface area contributed by atoms with Crippen LogP contribution in [0.25, 0.3) is 11.3 Å². The molecule has 5 rings (SSSR count). The highest BCUT2D eigenvalue weighted by molar-refractivity contribution is 6.35. The van der Waals surface area contributed by atoms with E-state index in [1.165, 1.54) is 0 Å². The highest BCUT2D eigenvalue weighted by Gasteiger charge is 2.37. The molecule has 0 bridgehead atoms. The molecule has 2 heterocycles. The Labute approximate surface area is 249 Å². The number of carboxylic acids is 1. The number of rotatable bonds is 12. The van der Waals surface area contributed by atoms with Crippen molar-refractivity contribution in [3.8, 4) is 22.8 Å². The van der Waals surface area contributed by atoms with E-state index in [1.54, 1.807) is 6.92 Å². The van der Waals surface area contributed by atoms with Crippen LogP contribution in [0.3, 0.4) is 0 Å². The summed E-state index contributed by atoms with van der Waals surface area (Å²) in [6.45, 7) is 6.86. The van der Waals surface area contributed by atoms with Crippen LogP contribution in [0.2, 0.25) is 0 Å². The van der Waals surface area contributed by atoms with E-state index in [9.17, 15) is 14.7 Å². The minimum atomic E-state index is -1.20. The van der Waals surface area contributed by atoms with Crippen molar-refractivity contribution in [1.29, 1.82) is 0 Å². The van der Waals surface area contributed by atoms with Gasteiger partial charge in [0.2, 0.25) is 0 Å². The number of benzene rings is 3. The predicted molar refractivity (Wildman–Crippen MR) is 159 cm³/mol. The normalized spacial score (nSPS) is 14.2. The number of ether oxygens (including phenoxy) is 2. The number of nitrogens with one attached hydrogen (secondary N) is 1. The van der Waals surface area contributed by atoms with Gasteiger partial charge in [-0.15, -0.1) is 0 Å². The van der Waals surface area contributed by atoms with Crippen molar-refractivity contribution in [2.24, 2.45) is 5.16 Å². The third kappa shape index (κ3) is 6.69. The Morgan fingerprint density at radius 3 is 2.16 bits per heavy atom. The molecule has 0 fully saturated rings. The zero-order valence-corrected chi connectivity index (χ0v) is 24.2. The standard InChI is InChI=1S/C33H33N3O7/c1-4-34-32(37)30-29(28-16-25(33(38)39)35-42-28)31(43-36-30)24-15-23(20(2)3)26(40-18-21-11-7-5-8-12-21)17-27(24)41-19-22-13-9-6-10-14-22/h5-15,17,20,28H,4,16,18-19H2,1-3H3,(H,34,37)(H,38,39). The predicted octanol–water partition coefficient (Wildman–Crippen LogP) is 6.27. The zero-order chi connectivity index (χ0) is 30.3. The summed E-state index contributed by atoms with van der Waals surface area (Å²) in [6, 6.07) is 23.3. The maximum absolute atomic E-state index is 13.0. The molecule has 10 nitrogen and oxygen atoms in total. The number of aliphatic carboxylic acids is 1. The molecular formula is C33H33N3O7. The second-order valence-corrected chi connectivity index (χ2v) is 10.4.